The number of amides is 7. The standard InChI is InChI=1S/C37H52N8O18S/c1-17(47)30-36(60)39-14-26(48)40-21(6-8-27(49)50)32(56)44-25(37(61)62)16-64-11-10-63-19-4-2-18(3-5-19)12-20(38)31(55)42-23(13-29(53)54)34(58)43-24(15-46)35(59)41-22(33(57)45-30)7-9-28(51)52/h2-5,17,20-25,30,46-47H,6-16,38H2,1H3,(H,39,60)(H,40,48)(H,41,59)(H,42,55)(H,43,58)(H,44,56)(H,45,57)(H,49,50)(H,51,52)(H,53,54)(H,61,62)/t17-,20+,21+,22+,23+,24+,25+,30+/m1/s1. The zero-order valence-corrected chi connectivity index (χ0v) is 35.1. The molecule has 26 nitrogen and oxygen atoms in total. The Labute approximate surface area is 368 Å². The van der Waals surface area contributed by atoms with Gasteiger partial charge in [-0.1, -0.05) is 12.1 Å². The molecule has 0 aliphatic carbocycles. The lowest BCUT2D eigenvalue weighted by atomic mass is 10.0. The zero-order valence-electron chi connectivity index (χ0n) is 34.3. The number of hydrogen-bond acceptors (Lipinski definition) is 16. The maximum Gasteiger partial charge on any atom is 0.327 e. The Balaban J connectivity index is 2.46. The third kappa shape index (κ3) is 19.2. The molecule has 2 bridgehead atoms. The van der Waals surface area contributed by atoms with Crippen molar-refractivity contribution >= 4 is 77.0 Å². The topological polar surface area (TPSA) is 429 Å². The van der Waals surface area contributed by atoms with Crippen molar-refractivity contribution in [3.05, 3.63) is 29.8 Å². The molecule has 3 rings (SSSR count). The summed E-state index contributed by atoms with van der Waals surface area (Å²) in [6.07, 6.45) is -5.45. The van der Waals surface area contributed by atoms with Gasteiger partial charge < -0.3 is 78.3 Å². The van der Waals surface area contributed by atoms with Gasteiger partial charge in [0.1, 0.15) is 42.0 Å². The number of aliphatic hydroxyl groups is 2. The Morgan fingerprint density at radius 1 is 0.719 bits per heavy atom. The second kappa shape index (κ2) is 26.8. The zero-order chi connectivity index (χ0) is 48.1. The van der Waals surface area contributed by atoms with Gasteiger partial charge in [-0.05, 0) is 43.9 Å². The van der Waals surface area contributed by atoms with Gasteiger partial charge in [0.05, 0.1) is 38.3 Å². The third-order valence-corrected chi connectivity index (χ3v) is 10.0. The first-order valence-electron chi connectivity index (χ1n) is 19.4. The van der Waals surface area contributed by atoms with E-state index in [0.29, 0.717) is 11.3 Å². The first kappa shape index (κ1) is 53.6. The summed E-state index contributed by atoms with van der Waals surface area (Å²) in [6.45, 7) is -1.02. The second-order valence-corrected chi connectivity index (χ2v) is 15.3. The van der Waals surface area contributed by atoms with Crippen molar-refractivity contribution in [2.45, 2.75) is 93.8 Å². The van der Waals surface area contributed by atoms with E-state index in [9.17, 15) is 83.4 Å². The summed E-state index contributed by atoms with van der Waals surface area (Å²) in [4.78, 5) is 138. The number of ether oxygens (including phenoxy) is 1. The summed E-state index contributed by atoms with van der Waals surface area (Å²) in [6, 6.07) is -5.81. The van der Waals surface area contributed by atoms with E-state index in [2.05, 4.69) is 31.9 Å². The van der Waals surface area contributed by atoms with Crippen LogP contribution in [0, 0.1) is 0 Å². The number of benzene rings is 1. The van der Waals surface area contributed by atoms with Crippen LogP contribution in [0.1, 0.15) is 44.6 Å². The van der Waals surface area contributed by atoms with Crippen LogP contribution in [0.3, 0.4) is 0 Å². The molecular formula is C37H52N8O18S. The molecular weight excluding hydrogens is 877 g/mol. The number of aliphatic hydroxyl groups excluding tert-OH is 2. The van der Waals surface area contributed by atoms with Crippen LogP contribution in [0.4, 0.5) is 0 Å². The lowest BCUT2D eigenvalue weighted by Gasteiger charge is -2.26. The molecule has 0 spiro atoms. The Hall–Kier alpha value is -6.58. The van der Waals surface area contributed by atoms with E-state index < -0.39 is 159 Å². The van der Waals surface area contributed by atoms with Crippen molar-refractivity contribution in [3.8, 4) is 5.75 Å². The number of nitrogens with one attached hydrogen (secondary N) is 7. The summed E-state index contributed by atoms with van der Waals surface area (Å²) in [5.41, 5.74) is 6.55. The highest BCUT2D eigenvalue weighted by Crippen LogP contribution is 2.15. The van der Waals surface area contributed by atoms with E-state index >= 15 is 0 Å². The molecule has 2 aliphatic rings. The molecule has 1 aromatic rings. The number of aliphatic carboxylic acids is 4. The molecule has 0 unspecified atom stereocenters. The van der Waals surface area contributed by atoms with Gasteiger partial charge in [-0.3, -0.25) is 47.9 Å². The Kier molecular flexibility index (Phi) is 22.4. The van der Waals surface area contributed by atoms with E-state index in [1.165, 1.54) is 12.1 Å². The van der Waals surface area contributed by atoms with Crippen molar-refractivity contribution in [1.29, 1.82) is 0 Å². The maximum absolute atomic E-state index is 13.4. The molecule has 2 heterocycles. The highest BCUT2D eigenvalue weighted by atomic mass is 32.2. The van der Waals surface area contributed by atoms with Crippen molar-refractivity contribution < 1.29 is 88.1 Å². The maximum atomic E-state index is 13.4. The van der Waals surface area contributed by atoms with E-state index in [4.69, 9.17) is 10.5 Å². The number of fused-ring (bicyclic) bond motifs is 29. The van der Waals surface area contributed by atoms with Crippen LogP contribution >= 0.6 is 11.8 Å². The van der Waals surface area contributed by atoms with Gasteiger partial charge in [-0.2, -0.15) is 11.8 Å². The van der Waals surface area contributed by atoms with Crippen LogP contribution < -0.4 is 47.7 Å². The summed E-state index contributed by atoms with van der Waals surface area (Å²) >= 11 is 1.07. The molecule has 64 heavy (non-hydrogen) atoms. The van der Waals surface area contributed by atoms with Crippen LogP contribution in [0.5, 0.6) is 5.75 Å². The first-order valence-corrected chi connectivity index (χ1v) is 20.6. The number of carboxylic acid groups (broad SMARTS) is 4. The minimum atomic E-state index is -1.94. The normalized spacial score (nSPS) is 24.8. The summed E-state index contributed by atoms with van der Waals surface area (Å²) < 4.78 is 5.66. The molecule has 15 N–H and O–H groups in total. The van der Waals surface area contributed by atoms with Crippen LogP contribution in [-0.2, 0) is 59.2 Å². The van der Waals surface area contributed by atoms with Crippen molar-refractivity contribution in [2.24, 2.45) is 5.73 Å². The molecule has 1 aromatic carbocycles. The number of carbonyl (C=O) groups is 11. The highest BCUT2D eigenvalue weighted by Gasteiger charge is 2.34. The average molecular weight is 929 g/mol. The van der Waals surface area contributed by atoms with E-state index in [0.717, 1.165) is 18.7 Å². The Bertz CT molecular complexity index is 1870. The Morgan fingerprint density at radius 3 is 1.80 bits per heavy atom. The van der Waals surface area contributed by atoms with Crippen molar-refractivity contribution in [1.82, 2.24) is 37.2 Å². The number of carbonyl (C=O) groups excluding carboxylic acids is 7. The SMILES string of the molecule is C[C@@H](O)[C@@H]1NC(=O)[C@H](CCC(=O)O)NC(=O)[C@H](CO)NC(=O)[C@H](CC(=O)O)NC(=O)[C@@H](N)Cc2ccc(cc2)OCCSC[C@@H](C(=O)O)NC(=O)[C@H](CCC(=O)O)NC(=O)CNC1=O. The van der Waals surface area contributed by atoms with Gasteiger partial charge in [0, 0.05) is 24.3 Å². The fourth-order valence-electron chi connectivity index (χ4n) is 5.59. The Morgan fingerprint density at radius 2 is 1.25 bits per heavy atom. The molecule has 8 atom stereocenters. The summed E-state index contributed by atoms with van der Waals surface area (Å²) in [5.74, 6) is -13.7. The number of nitrogens with two attached hydrogens (primary N) is 1. The summed E-state index contributed by atoms with van der Waals surface area (Å²) in [5, 5.41) is 73.0. The molecule has 7 amide bonds. The molecule has 0 radical (unpaired) electrons. The van der Waals surface area contributed by atoms with Crippen LogP contribution in [0.15, 0.2) is 24.3 Å². The molecule has 0 fully saturated rings. The number of thioether (sulfide) groups is 1. The van der Waals surface area contributed by atoms with E-state index in [1.807, 2.05) is 5.32 Å². The predicted octanol–water partition coefficient (Wildman–Crippen LogP) is -5.63. The third-order valence-electron chi connectivity index (χ3n) is 9.00. The molecule has 354 valence electrons. The highest BCUT2D eigenvalue weighted by molar-refractivity contribution is 7.99. The van der Waals surface area contributed by atoms with Crippen molar-refractivity contribution in [3.63, 3.8) is 0 Å². The minimum absolute atomic E-state index is 0.0615. The number of hydrogen-bond donors (Lipinski definition) is 14. The van der Waals surface area contributed by atoms with Crippen molar-refractivity contribution in [2.75, 3.05) is 31.3 Å². The predicted molar refractivity (Wildman–Crippen MR) is 218 cm³/mol. The van der Waals surface area contributed by atoms with E-state index in [1.54, 1.807) is 12.1 Å². The van der Waals surface area contributed by atoms with Crippen LogP contribution in [0.25, 0.3) is 0 Å². The average Bonchev–Trinajstić information content (AvgIpc) is 3.22. The quantitative estimate of drug-likeness (QED) is 0.0920. The lowest BCUT2D eigenvalue weighted by molar-refractivity contribution is -0.142. The van der Waals surface area contributed by atoms with Gasteiger partial charge in [-0.25, -0.2) is 4.79 Å². The fourth-order valence-corrected chi connectivity index (χ4v) is 6.42. The smallest absolute Gasteiger partial charge is 0.327 e. The number of carboxylic acids is 4. The lowest BCUT2D eigenvalue weighted by Crippen LogP contribution is -2.61. The van der Waals surface area contributed by atoms with Crippen LogP contribution in [0.2, 0.25) is 0 Å². The fraction of sp³-hybridized carbons (Fsp3) is 0.541. The van der Waals surface area contributed by atoms with Gasteiger partial charge in [0.25, 0.3) is 0 Å². The largest absolute Gasteiger partial charge is 0.493 e. The van der Waals surface area contributed by atoms with Gasteiger partial charge in [0.15, 0.2) is 0 Å². The minimum Gasteiger partial charge on any atom is -0.493 e. The summed E-state index contributed by atoms with van der Waals surface area (Å²) in [7, 11) is 0. The van der Waals surface area contributed by atoms with Gasteiger partial charge >= 0.3 is 23.9 Å². The molecule has 2 aliphatic heterocycles. The molecule has 0 saturated carbocycles. The molecule has 0 aromatic heterocycles. The van der Waals surface area contributed by atoms with E-state index in [-0.39, 0.29) is 24.5 Å². The second-order valence-electron chi connectivity index (χ2n) is 14.2. The monoisotopic (exact) mass is 928 g/mol. The first-order chi connectivity index (χ1) is 30.1. The number of rotatable bonds is 11. The van der Waals surface area contributed by atoms with Gasteiger partial charge in [-0.15, -0.1) is 0 Å². The molecule has 27 heteroatoms. The van der Waals surface area contributed by atoms with Gasteiger partial charge in [0.2, 0.25) is 41.4 Å². The van der Waals surface area contributed by atoms with Crippen LogP contribution in [-0.4, -0.2) is 176 Å². The molecule has 0 saturated heterocycles.